The van der Waals surface area contributed by atoms with Crippen LogP contribution in [0.15, 0.2) is 24.3 Å². The Kier molecular flexibility index (Phi) is 5.26. The third-order valence-electron chi connectivity index (χ3n) is 2.19. The van der Waals surface area contributed by atoms with E-state index in [1.807, 2.05) is 0 Å². The molecule has 0 saturated heterocycles. The summed E-state index contributed by atoms with van der Waals surface area (Å²) in [4.78, 5) is 22.6. The molecule has 0 radical (unpaired) electrons. The molecule has 0 fully saturated rings. The molecular weight excluding hydrogens is 250 g/mol. The number of hydrogen-bond acceptors (Lipinski definition) is 3. The number of amides is 2. The average molecular weight is 265 g/mol. The first kappa shape index (κ1) is 14.1. The number of carbonyl (C=O) groups excluding carboxylic acids is 2. The molecule has 0 bridgehead atoms. The van der Waals surface area contributed by atoms with Crippen LogP contribution in [0.3, 0.4) is 0 Å². The zero-order valence-corrected chi connectivity index (χ0v) is 10.8. The van der Waals surface area contributed by atoms with Crippen molar-refractivity contribution >= 4 is 29.0 Å². The normalized spacial score (nSPS) is 9.61. The largest absolute Gasteiger partial charge is 0.389 e. The van der Waals surface area contributed by atoms with Crippen molar-refractivity contribution in [1.82, 2.24) is 10.6 Å². The monoisotopic (exact) mass is 265 g/mol. The highest BCUT2D eigenvalue weighted by Gasteiger charge is 2.06. The standard InChI is InChI=1S/C12H15N3O2S/c1-8(16)14-5-6-15-12(17)10-4-2-3-9(7-10)11(13)18/h2-4,7H,5-6H2,1H3,(H2,13,18)(H,14,16)(H,15,17). The minimum absolute atomic E-state index is 0.125. The van der Waals surface area contributed by atoms with E-state index in [9.17, 15) is 9.59 Å². The molecule has 5 nitrogen and oxygen atoms in total. The van der Waals surface area contributed by atoms with Gasteiger partial charge in [-0.3, -0.25) is 9.59 Å². The summed E-state index contributed by atoms with van der Waals surface area (Å²) < 4.78 is 0. The SMILES string of the molecule is CC(=O)NCCNC(=O)c1cccc(C(N)=S)c1. The summed E-state index contributed by atoms with van der Waals surface area (Å²) in [7, 11) is 0. The quantitative estimate of drug-likeness (QED) is 0.524. The molecule has 0 unspecified atom stereocenters. The fourth-order valence-corrected chi connectivity index (χ4v) is 1.46. The van der Waals surface area contributed by atoms with E-state index in [1.165, 1.54) is 6.92 Å². The molecular formula is C12H15N3O2S. The van der Waals surface area contributed by atoms with Crippen LogP contribution in [-0.4, -0.2) is 29.9 Å². The van der Waals surface area contributed by atoms with Gasteiger partial charge in [-0.25, -0.2) is 0 Å². The van der Waals surface area contributed by atoms with Crippen molar-refractivity contribution in [3.05, 3.63) is 35.4 Å². The molecule has 1 aromatic rings. The first-order valence-electron chi connectivity index (χ1n) is 5.43. The van der Waals surface area contributed by atoms with E-state index in [0.717, 1.165) is 0 Å². The number of rotatable bonds is 5. The van der Waals surface area contributed by atoms with Gasteiger partial charge < -0.3 is 16.4 Å². The second-order valence-electron chi connectivity index (χ2n) is 3.68. The van der Waals surface area contributed by atoms with Crippen LogP contribution in [-0.2, 0) is 4.79 Å². The predicted molar refractivity (Wildman–Crippen MR) is 73.3 cm³/mol. The highest BCUT2D eigenvalue weighted by atomic mass is 32.1. The van der Waals surface area contributed by atoms with Crippen LogP contribution in [0.2, 0.25) is 0 Å². The summed E-state index contributed by atoms with van der Waals surface area (Å²) in [6, 6.07) is 6.78. The molecule has 96 valence electrons. The minimum Gasteiger partial charge on any atom is -0.389 e. The lowest BCUT2D eigenvalue weighted by Gasteiger charge is -2.06. The van der Waals surface area contributed by atoms with Gasteiger partial charge in [0.15, 0.2) is 0 Å². The fourth-order valence-electron chi connectivity index (χ4n) is 1.33. The molecule has 0 aliphatic carbocycles. The van der Waals surface area contributed by atoms with Crippen LogP contribution in [0.5, 0.6) is 0 Å². The summed E-state index contributed by atoms with van der Waals surface area (Å²) in [6.45, 7) is 2.19. The molecule has 1 rings (SSSR count). The van der Waals surface area contributed by atoms with Gasteiger partial charge in [-0.1, -0.05) is 24.4 Å². The number of benzene rings is 1. The number of hydrogen-bond donors (Lipinski definition) is 3. The molecule has 2 amide bonds. The fraction of sp³-hybridized carbons (Fsp3) is 0.250. The zero-order valence-electron chi connectivity index (χ0n) is 10.0. The summed E-state index contributed by atoms with van der Waals surface area (Å²) in [5, 5.41) is 5.27. The Morgan fingerprint density at radius 2 is 1.83 bits per heavy atom. The Hall–Kier alpha value is -1.95. The Morgan fingerprint density at radius 1 is 1.22 bits per heavy atom. The van der Waals surface area contributed by atoms with Gasteiger partial charge in [0.05, 0.1) is 0 Å². The van der Waals surface area contributed by atoms with Gasteiger partial charge in [0.2, 0.25) is 5.91 Å². The molecule has 0 atom stereocenters. The number of nitrogens with one attached hydrogen (secondary N) is 2. The highest BCUT2D eigenvalue weighted by molar-refractivity contribution is 7.80. The van der Waals surface area contributed by atoms with Crippen molar-refractivity contribution in [3.63, 3.8) is 0 Å². The van der Waals surface area contributed by atoms with Crippen LogP contribution in [0.1, 0.15) is 22.8 Å². The third kappa shape index (κ3) is 4.50. The third-order valence-corrected chi connectivity index (χ3v) is 2.43. The number of thiocarbonyl (C=S) groups is 1. The predicted octanol–water partition coefficient (Wildman–Crippen LogP) is 0.187. The van der Waals surface area contributed by atoms with E-state index in [4.69, 9.17) is 18.0 Å². The molecule has 0 saturated carbocycles. The van der Waals surface area contributed by atoms with E-state index in [1.54, 1.807) is 24.3 Å². The maximum atomic E-state index is 11.8. The minimum atomic E-state index is -0.224. The smallest absolute Gasteiger partial charge is 0.251 e. The zero-order chi connectivity index (χ0) is 13.5. The summed E-state index contributed by atoms with van der Waals surface area (Å²) >= 11 is 4.84. The Bertz CT molecular complexity index is 474. The van der Waals surface area contributed by atoms with E-state index in [-0.39, 0.29) is 16.8 Å². The van der Waals surface area contributed by atoms with E-state index < -0.39 is 0 Å². The van der Waals surface area contributed by atoms with Crippen LogP contribution in [0, 0.1) is 0 Å². The molecule has 0 aromatic heterocycles. The lowest BCUT2D eigenvalue weighted by atomic mass is 10.1. The summed E-state index contributed by atoms with van der Waals surface area (Å²) in [5.41, 5.74) is 6.63. The molecule has 1 aromatic carbocycles. The first-order chi connectivity index (χ1) is 8.50. The van der Waals surface area contributed by atoms with Gasteiger partial charge >= 0.3 is 0 Å². The first-order valence-corrected chi connectivity index (χ1v) is 5.84. The molecule has 0 aliphatic rings. The number of nitrogens with two attached hydrogens (primary N) is 1. The van der Waals surface area contributed by atoms with Crippen molar-refractivity contribution < 1.29 is 9.59 Å². The molecule has 6 heteroatoms. The Morgan fingerprint density at radius 3 is 2.44 bits per heavy atom. The topological polar surface area (TPSA) is 84.2 Å². The van der Waals surface area contributed by atoms with Gasteiger partial charge in [-0.15, -0.1) is 0 Å². The van der Waals surface area contributed by atoms with E-state index in [0.29, 0.717) is 24.2 Å². The molecule has 0 heterocycles. The van der Waals surface area contributed by atoms with Gasteiger partial charge in [0.25, 0.3) is 5.91 Å². The second kappa shape index (κ2) is 6.70. The highest BCUT2D eigenvalue weighted by Crippen LogP contribution is 2.04. The second-order valence-corrected chi connectivity index (χ2v) is 4.12. The Labute approximate surface area is 111 Å². The lowest BCUT2D eigenvalue weighted by Crippen LogP contribution is -2.33. The summed E-state index contributed by atoms with van der Waals surface area (Å²) in [6.07, 6.45) is 0. The van der Waals surface area contributed by atoms with Crippen LogP contribution < -0.4 is 16.4 Å². The van der Waals surface area contributed by atoms with E-state index >= 15 is 0 Å². The van der Waals surface area contributed by atoms with Crippen molar-refractivity contribution in [3.8, 4) is 0 Å². The molecule has 18 heavy (non-hydrogen) atoms. The molecule has 4 N–H and O–H groups in total. The molecule has 0 aliphatic heterocycles. The van der Waals surface area contributed by atoms with Crippen molar-refractivity contribution in [2.24, 2.45) is 5.73 Å². The lowest BCUT2D eigenvalue weighted by molar-refractivity contribution is -0.118. The van der Waals surface area contributed by atoms with Gasteiger partial charge in [-0.2, -0.15) is 0 Å². The Balaban J connectivity index is 2.53. The maximum Gasteiger partial charge on any atom is 0.251 e. The van der Waals surface area contributed by atoms with E-state index in [2.05, 4.69) is 10.6 Å². The van der Waals surface area contributed by atoms with Crippen molar-refractivity contribution in [2.45, 2.75) is 6.92 Å². The van der Waals surface area contributed by atoms with Crippen molar-refractivity contribution in [1.29, 1.82) is 0 Å². The van der Waals surface area contributed by atoms with Crippen LogP contribution in [0.4, 0.5) is 0 Å². The summed E-state index contributed by atoms with van der Waals surface area (Å²) in [5.74, 6) is -0.349. The van der Waals surface area contributed by atoms with Crippen LogP contribution in [0.25, 0.3) is 0 Å². The number of carbonyl (C=O) groups is 2. The van der Waals surface area contributed by atoms with Gasteiger partial charge in [-0.05, 0) is 12.1 Å². The molecule has 0 spiro atoms. The van der Waals surface area contributed by atoms with Crippen LogP contribution >= 0.6 is 12.2 Å². The van der Waals surface area contributed by atoms with Crippen molar-refractivity contribution in [2.75, 3.05) is 13.1 Å². The van der Waals surface area contributed by atoms with Gasteiger partial charge in [0.1, 0.15) is 4.99 Å². The average Bonchev–Trinajstić information content (AvgIpc) is 2.34. The maximum absolute atomic E-state index is 11.8. The van der Waals surface area contributed by atoms with Gasteiger partial charge in [0, 0.05) is 31.1 Å².